The molecule has 0 amide bonds. The predicted octanol–water partition coefficient (Wildman–Crippen LogP) is 5.39. The van der Waals surface area contributed by atoms with E-state index < -0.39 is 0 Å². The minimum Gasteiger partial charge on any atom is -0.0622 e. The summed E-state index contributed by atoms with van der Waals surface area (Å²) in [6.45, 7) is 0. The predicted molar refractivity (Wildman–Crippen MR) is 93.9 cm³/mol. The van der Waals surface area contributed by atoms with Gasteiger partial charge in [-0.25, -0.2) is 0 Å². The van der Waals surface area contributed by atoms with Crippen LogP contribution in [0.3, 0.4) is 0 Å². The Balaban J connectivity index is 1.98. The second-order valence-electron chi connectivity index (χ2n) is 5.31. The zero-order valence-corrected chi connectivity index (χ0v) is 12.1. The smallest absolute Gasteiger partial charge is 0.0333 e. The Morgan fingerprint density at radius 2 is 1.23 bits per heavy atom. The van der Waals surface area contributed by atoms with Gasteiger partial charge in [-0.05, 0) is 34.4 Å². The van der Waals surface area contributed by atoms with Crippen LogP contribution in [0, 0.1) is 11.8 Å². The summed E-state index contributed by atoms with van der Waals surface area (Å²) in [6.07, 6.45) is 0. The molecular weight excluding hydrogens is 264 g/mol. The van der Waals surface area contributed by atoms with Crippen molar-refractivity contribution >= 4 is 21.5 Å². The van der Waals surface area contributed by atoms with Gasteiger partial charge in [0.25, 0.3) is 0 Å². The molecule has 22 heavy (non-hydrogen) atoms. The number of fused-ring (bicyclic) bond motifs is 3. The summed E-state index contributed by atoms with van der Waals surface area (Å²) < 4.78 is 0. The van der Waals surface area contributed by atoms with Crippen LogP contribution in [0.2, 0.25) is 0 Å². The maximum Gasteiger partial charge on any atom is 0.0333 e. The first-order valence-corrected chi connectivity index (χ1v) is 7.39. The number of hydrogen-bond donors (Lipinski definition) is 0. The molecule has 0 radical (unpaired) electrons. The first kappa shape index (κ1) is 12.7. The molecule has 0 aliphatic rings. The quantitative estimate of drug-likeness (QED) is 0.299. The van der Waals surface area contributed by atoms with E-state index in [2.05, 4.69) is 66.4 Å². The molecule has 4 rings (SSSR count). The van der Waals surface area contributed by atoms with Gasteiger partial charge in [-0.1, -0.05) is 78.6 Å². The van der Waals surface area contributed by atoms with Crippen LogP contribution in [0.4, 0.5) is 0 Å². The van der Waals surface area contributed by atoms with E-state index in [1.54, 1.807) is 0 Å². The average Bonchev–Trinajstić information content (AvgIpc) is 2.60. The van der Waals surface area contributed by atoms with Gasteiger partial charge in [0.1, 0.15) is 0 Å². The van der Waals surface area contributed by atoms with Crippen LogP contribution in [-0.2, 0) is 0 Å². The second kappa shape index (κ2) is 5.39. The molecule has 0 N–H and O–H groups in total. The molecule has 0 aliphatic heterocycles. The third-order valence-electron chi connectivity index (χ3n) is 3.88. The van der Waals surface area contributed by atoms with Crippen LogP contribution in [0.5, 0.6) is 0 Å². The van der Waals surface area contributed by atoms with Crippen LogP contribution >= 0.6 is 0 Å². The van der Waals surface area contributed by atoms with Crippen LogP contribution in [0.25, 0.3) is 21.5 Å². The average molecular weight is 278 g/mol. The third kappa shape index (κ3) is 2.24. The summed E-state index contributed by atoms with van der Waals surface area (Å²) in [4.78, 5) is 0. The SMILES string of the molecule is C(#Cc1cccc2ccc3ccccc3c12)c1ccccc1. The molecule has 0 saturated carbocycles. The molecule has 0 fully saturated rings. The molecule has 0 aromatic heterocycles. The van der Waals surface area contributed by atoms with E-state index >= 15 is 0 Å². The normalized spacial score (nSPS) is 10.4. The molecule has 0 bridgehead atoms. The van der Waals surface area contributed by atoms with E-state index in [4.69, 9.17) is 0 Å². The molecule has 0 aliphatic carbocycles. The van der Waals surface area contributed by atoms with Gasteiger partial charge in [0.2, 0.25) is 0 Å². The van der Waals surface area contributed by atoms with Crippen LogP contribution in [0.15, 0.2) is 84.9 Å². The monoisotopic (exact) mass is 278 g/mol. The highest BCUT2D eigenvalue weighted by Crippen LogP contribution is 2.27. The Bertz CT molecular complexity index is 1020. The molecule has 0 heterocycles. The molecule has 0 nitrogen and oxygen atoms in total. The van der Waals surface area contributed by atoms with E-state index in [1.807, 2.05) is 30.3 Å². The highest BCUT2D eigenvalue weighted by molar-refractivity contribution is 6.10. The molecule has 0 unspecified atom stereocenters. The van der Waals surface area contributed by atoms with Gasteiger partial charge < -0.3 is 0 Å². The fraction of sp³-hybridized carbons (Fsp3) is 0. The van der Waals surface area contributed by atoms with Gasteiger partial charge in [-0.2, -0.15) is 0 Å². The van der Waals surface area contributed by atoms with Crippen molar-refractivity contribution in [2.45, 2.75) is 0 Å². The molecule has 4 aromatic rings. The number of benzene rings is 4. The van der Waals surface area contributed by atoms with Gasteiger partial charge in [-0.3, -0.25) is 0 Å². The number of hydrogen-bond acceptors (Lipinski definition) is 0. The van der Waals surface area contributed by atoms with Crippen LogP contribution in [-0.4, -0.2) is 0 Å². The van der Waals surface area contributed by atoms with E-state index in [-0.39, 0.29) is 0 Å². The molecule has 0 heteroatoms. The minimum atomic E-state index is 1.04. The highest BCUT2D eigenvalue weighted by atomic mass is 14.1. The first-order chi connectivity index (χ1) is 10.9. The molecule has 0 saturated heterocycles. The maximum atomic E-state index is 3.35. The summed E-state index contributed by atoms with van der Waals surface area (Å²) in [5.41, 5.74) is 2.12. The van der Waals surface area contributed by atoms with Gasteiger partial charge in [0, 0.05) is 16.5 Å². The Morgan fingerprint density at radius 3 is 2.14 bits per heavy atom. The van der Waals surface area contributed by atoms with Crippen LogP contribution < -0.4 is 0 Å². The first-order valence-electron chi connectivity index (χ1n) is 7.39. The van der Waals surface area contributed by atoms with Gasteiger partial charge >= 0.3 is 0 Å². The van der Waals surface area contributed by atoms with Crippen molar-refractivity contribution in [2.24, 2.45) is 0 Å². The van der Waals surface area contributed by atoms with Crippen molar-refractivity contribution in [3.8, 4) is 11.8 Å². The van der Waals surface area contributed by atoms with Crippen LogP contribution in [0.1, 0.15) is 11.1 Å². The molecule has 0 atom stereocenters. The fourth-order valence-electron chi connectivity index (χ4n) is 2.82. The molecule has 102 valence electrons. The Labute approximate surface area is 130 Å². The van der Waals surface area contributed by atoms with Gasteiger partial charge in [-0.15, -0.1) is 0 Å². The van der Waals surface area contributed by atoms with E-state index in [9.17, 15) is 0 Å². The standard InChI is InChI=1S/C22H14/c1-2-7-17(8-3-1)13-14-19-10-6-11-20-16-15-18-9-4-5-12-21(18)22(19)20/h1-12,15-16H. The summed E-state index contributed by atoms with van der Waals surface area (Å²) in [7, 11) is 0. The van der Waals surface area contributed by atoms with Crippen molar-refractivity contribution in [1.82, 2.24) is 0 Å². The Kier molecular flexibility index (Phi) is 3.11. The van der Waals surface area contributed by atoms with Gasteiger partial charge in [0.15, 0.2) is 0 Å². The summed E-state index contributed by atoms with van der Waals surface area (Å²) in [6, 6.07) is 29.3. The van der Waals surface area contributed by atoms with Crippen molar-refractivity contribution in [3.05, 3.63) is 96.1 Å². The zero-order chi connectivity index (χ0) is 14.8. The minimum absolute atomic E-state index is 1.04. The largest absolute Gasteiger partial charge is 0.0622 e. The van der Waals surface area contributed by atoms with Crippen molar-refractivity contribution in [3.63, 3.8) is 0 Å². The lowest BCUT2D eigenvalue weighted by Crippen LogP contribution is -1.83. The molecule has 4 aromatic carbocycles. The van der Waals surface area contributed by atoms with E-state index in [0.717, 1.165) is 11.1 Å². The molecule has 0 spiro atoms. The Morgan fingerprint density at radius 1 is 0.500 bits per heavy atom. The molecular formula is C22H14. The maximum absolute atomic E-state index is 3.35. The lowest BCUT2D eigenvalue weighted by atomic mass is 9.98. The summed E-state index contributed by atoms with van der Waals surface area (Å²) in [5.74, 6) is 6.61. The summed E-state index contributed by atoms with van der Waals surface area (Å²) in [5, 5.41) is 4.99. The highest BCUT2D eigenvalue weighted by Gasteiger charge is 2.03. The zero-order valence-electron chi connectivity index (χ0n) is 12.1. The van der Waals surface area contributed by atoms with Crippen molar-refractivity contribution in [2.75, 3.05) is 0 Å². The van der Waals surface area contributed by atoms with E-state index in [1.165, 1.54) is 21.5 Å². The lowest BCUT2D eigenvalue weighted by molar-refractivity contribution is 1.64. The Hall–Kier alpha value is -3.04. The lowest BCUT2D eigenvalue weighted by Gasteiger charge is -2.05. The van der Waals surface area contributed by atoms with Crippen molar-refractivity contribution in [1.29, 1.82) is 0 Å². The third-order valence-corrected chi connectivity index (χ3v) is 3.88. The summed E-state index contributed by atoms with van der Waals surface area (Å²) >= 11 is 0. The second-order valence-corrected chi connectivity index (χ2v) is 5.31. The van der Waals surface area contributed by atoms with Gasteiger partial charge in [0.05, 0.1) is 0 Å². The fourth-order valence-corrected chi connectivity index (χ4v) is 2.82. The number of rotatable bonds is 0. The van der Waals surface area contributed by atoms with Crippen molar-refractivity contribution < 1.29 is 0 Å². The van der Waals surface area contributed by atoms with E-state index in [0.29, 0.717) is 0 Å². The topological polar surface area (TPSA) is 0 Å².